The zero-order valence-corrected chi connectivity index (χ0v) is 9.16. The fourth-order valence-electron chi connectivity index (χ4n) is 2.48. The first-order valence-corrected chi connectivity index (χ1v) is 5.47. The van der Waals surface area contributed by atoms with Crippen LogP contribution in [-0.4, -0.2) is 19.6 Å². The largest absolute Gasteiger partial charge is 0.469 e. The maximum atomic E-state index is 11.4. The summed E-state index contributed by atoms with van der Waals surface area (Å²) in [6, 6.07) is 0. The topological polar surface area (TPSA) is 52.3 Å². The molecule has 2 N–H and O–H groups in total. The van der Waals surface area contributed by atoms with Gasteiger partial charge in [-0.25, -0.2) is 0 Å². The Hall–Kier alpha value is -0.570. The minimum atomic E-state index is -0.133. The molecule has 82 valence electrons. The Bertz CT molecular complexity index is 194. The Balaban J connectivity index is 2.54. The van der Waals surface area contributed by atoms with Crippen LogP contribution in [0.25, 0.3) is 0 Å². The molecule has 1 aliphatic rings. The summed E-state index contributed by atoms with van der Waals surface area (Å²) in [6.07, 6.45) is 4.76. The summed E-state index contributed by atoms with van der Waals surface area (Å²) in [6.45, 7) is 2.67. The standard InChI is InChI=1S/C11H21NO2/c1-8-4-3-5-9(6-8)10(7-12)11(13)14-2/h8-10H,3-7,12H2,1-2H3. The zero-order chi connectivity index (χ0) is 10.6. The van der Waals surface area contributed by atoms with Gasteiger partial charge in [-0.3, -0.25) is 4.79 Å². The van der Waals surface area contributed by atoms with Crippen LogP contribution in [0.2, 0.25) is 0 Å². The van der Waals surface area contributed by atoms with Crippen LogP contribution in [0.15, 0.2) is 0 Å². The molecule has 0 aromatic heterocycles. The maximum Gasteiger partial charge on any atom is 0.310 e. The van der Waals surface area contributed by atoms with E-state index < -0.39 is 0 Å². The number of rotatable bonds is 3. The summed E-state index contributed by atoms with van der Waals surface area (Å²) < 4.78 is 4.77. The van der Waals surface area contributed by atoms with Gasteiger partial charge in [0.25, 0.3) is 0 Å². The molecule has 0 aliphatic heterocycles. The second-order valence-electron chi connectivity index (χ2n) is 4.40. The molecule has 0 spiro atoms. The Kier molecular flexibility index (Phi) is 4.39. The van der Waals surface area contributed by atoms with Crippen LogP contribution in [0, 0.1) is 17.8 Å². The molecule has 1 saturated carbocycles. The first-order chi connectivity index (χ1) is 6.69. The van der Waals surface area contributed by atoms with Crippen LogP contribution >= 0.6 is 0 Å². The van der Waals surface area contributed by atoms with Gasteiger partial charge in [-0.15, -0.1) is 0 Å². The van der Waals surface area contributed by atoms with E-state index in [4.69, 9.17) is 10.5 Å². The zero-order valence-electron chi connectivity index (χ0n) is 9.16. The number of hydrogen-bond acceptors (Lipinski definition) is 3. The van der Waals surface area contributed by atoms with E-state index in [0.717, 1.165) is 18.8 Å². The predicted molar refractivity (Wildman–Crippen MR) is 55.7 cm³/mol. The summed E-state index contributed by atoms with van der Waals surface area (Å²) in [5.74, 6) is 0.956. The number of nitrogens with two attached hydrogens (primary N) is 1. The average Bonchev–Trinajstić information content (AvgIpc) is 2.19. The van der Waals surface area contributed by atoms with E-state index in [2.05, 4.69) is 6.92 Å². The van der Waals surface area contributed by atoms with E-state index in [1.54, 1.807) is 0 Å². The molecular weight excluding hydrogens is 178 g/mol. The summed E-state index contributed by atoms with van der Waals surface area (Å²) in [7, 11) is 1.44. The third-order valence-corrected chi connectivity index (χ3v) is 3.30. The van der Waals surface area contributed by atoms with Gasteiger partial charge in [0.05, 0.1) is 13.0 Å². The van der Waals surface area contributed by atoms with Crippen molar-refractivity contribution in [3.8, 4) is 0 Å². The van der Waals surface area contributed by atoms with Crippen LogP contribution < -0.4 is 5.73 Å². The van der Waals surface area contributed by atoms with Crippen LogP contribution in [0.3, 0.4) is 0 Å². The highest BCUT2D eigenvalue weighted by atomic mass is 16.5. The van der Waals surface area contributed by atoms with Gasteiger partial charge in [0, 0.05) is 6.54 Å². The molecule has 14 heavy (non-hydrogen) atoms. The van der Waals surface area contributed by atoms with E-state index >= 15 is 0 Å². The lowest BCUT2D eigenvalue weighted by molar-refractivity contribution is -0.147. The van der Waals surface area contributed by atoms with Crippen molar-refractivity contribution in [2.45, 2.75) is 32.6 Å². The minimum Gasteiger partial charge on any atom is -0.469 e. The van der Waals surface area contributed by atoms with Gasteiger partial charge in [-0.2, -0.15) is 0 Å². The predicted octanol–water partition coefficient (Wildman–Crippen LogP) is 1.56. The van der Waals surface area contributed by atoms with Crippen LogP contribution in [0.4, 0.5) is 0 Å². The third-order valence-electron chi connectivity index (χ3n) is 3.30. The molecular formula is C11H21NO2. The third kappa shape index (κ3) is 2.71. The van der Waals surface area contributed by atoms with Crippen molar-refractivity contribution >= 4 is 5.97 Å². The number of carbonyl (C=O) groups excluding carboxylic acids is 1. The van der Waals surface area contributed by atoms with Crippen molar-refractivity contribution in [2.24, 2.45) is 23.5 Å². The Morgan fingerprint density at radius 3 is 2.79 bits per heavy atom. The fourth-order valence-corrected chi connectivity index (χ4v) is 2.48. The molecule has 1 aliphatic carbocycles. The second kappa shape index (κ2) is 5.35. The fraction of sp³-hybridized carbons (Fsp3) is 0.909. The molecule has 1 rings (SSSR count). The lowest BCUT2D eigenvalue weighted by atomic mass is 9.75. The minimum absolute atomic E-state index is 0.0808. The van der Waals surface area contributed by atoms with Crippen LogP contribution in [0.5, 0.6) is 0 Å². The van der Waals surface area contributed by atoms with Gasteiger partial charge < -0.3 is 10.5 Å². The number of hydrogen-bond donors (Lipinski definition) is 1. The highest BCUT2D eigenvalue weighted by Gasteiger charge is 2.31. The number of carbonyl (C=O) groups is 1. The average molecular weight is 199 g/mol. The molecule has 0 bridgehead atoms. The van der Waals surface area contributed by atoms with Crippen molar-refractivity contribution in [3.63, 3.8) is 0 Å². The van der Waals surface area contributed by atoms with E-state index in [1.165, 1.54) is 20.0 Å². The normalized spacial score (nSPS) is 29.6. The van der Waals surface area contributed by atoms with Gasteiger partial charge in [0.15, 0.2) is 0 Å². The maximum absolute atomic E-state index is 11.4. The molecule has 0 radical (unpaired) electrons. The molecule has 0 saturated heterocycles. The monoisotopic (exact) mass is 199 g/mol. The van der Waals surface area contributed by atoms with Crippen LogP contribution in [0.1, 0.15) is 32.6 Å². The van der Waals surface area contributed by atoms with Gasteiger partial charge in [0.2, 0.25) is 0 Å². The van der Waals surface area contributed by atoms with Gasteiger partial charge in [-0.05, 0) is 24.7 Å². The van der Waals surface area contributed by atoms with Crippen molar-refractivity contribution in [2.75, 3.05) is 13.7 Å². The highest BCUT2D eigenvalue weighted by Crippen LogP contribution is 2.33. The van der Waals surface area contributed by atoms with E-state index in [-0.39, 0.29) is 11.9 Å². The summed E-state index contributed by atoms with van der Waals surface area (Å²) in [5, 5.41) is 0. The number of methoxy groups -OCH3 is 1. The lowest BCUT2D eigenvalue weighted by Gasteiger charge is -2.31. The quantitative estimate of drug-likeness (QED) is 0.702. The van der Waals surface area contributed by atoms with Crippen molar-refractivity contribution in [3.05, 3.63) is 0 Å². The van der Waals surface area contributed by atoms with Gasteiger partial charge >= 0.3 is 5.97 Å². The smallest absolute Gasteiger partial charge is 0.310 e. The first-order valence-electron chi connectivity index (χ1n) is 5.47. The van der Waals surface area contributed by atoms with E-state index in [9.17, 15) is 4.79 Å². The molecule has 0 heterocycles. The molecule has 3 unspecified atom stereocenters. The molecule has 3 nitrogen and oxygen atoms in total. The van der Waals surface area contributed by atoms with Gasteiger partial charge in [-0.1, -0.05) is 19.8 Å². The highest BCUT2D eigenvalue weighted by molar-refractivity contribution is 5.72. The number of ether oxygens (including phenoxy) is 1. The molecule has 3 atom stereocenters. The Morgan fingerprint density at radius 1 is 1.57 bits per heavy atom. The lowest BCUT2D eigenvalue weighted by Crippen LogP contribution is -2.34. The Morgan fingerprint density at radius 2 is 2.29 bits per heavy atom. The summed E-state index contributed by atoms with van der Waals surface area (Å²) >= 11 is 0. The molecule has 0 amide bonds. The SMILES string of the molecule is COC(=O)C(CN)C1CCCC(C)C1. The Labute approximate surface area is 86.0 Å². The van der Waals surface area contributed by atoms with Gasteiger partial charge in [0.1, 0.15) is 0 Å². The van der Waals surface area contributed by atoms with E-state index in [0.29, 0.717) is 12.5 Å². The van der Waals surface area contributed by atoms with Crippen molar-refractivity contribution < 1.29 is 9.53 Å². The molecule has 1 fully saturated rings. The second-order valence-corrected chi connectivity index (χ2v) is 4.40. The molecule has 3 heteroatoms. The summed E-state index contributed by atoms with van der Waals surface area (Å²) in [5.41, 5.74) is 5.62. The number of esters is 1. The first kappa shape index (κ1) is 11.5. The summed E-state index contributed by atoms with van der Waals surface area (Å²) in [4.78, 5) is 11.4. The van der Waals surface area contributed by atoms with Crippen molar-refractivity contribution in [1.29, 1.82) is 0 Å². The molecule has 0 aromatic carbocycles. The van der Waals surface area contributed by atoms with Crippen molar-refractivity contribution in [1.82, 2.24) is 0 Å². The molecule has 0 aromatic rings. The van der Waals surface area contributed by atoms with E-state index in [1.807, 2.05) is 0 Å². The van der Waals surface area contributed by atoms with Crippen LogP contribution in [-0.2, 0) is 9.53 Å².